The lowest BCUT2D eigenvalue weighted by Crippen LogP contribution is -2.37. The molecule has 0 spiro atoms. The van der Waals surface area contributed by atoms with E-state index in [0.29, 0.717) is 17.9 Å². The Kier molecular flexibility index (Phi) is 4.71. The Bertz CT molecular complexity index is 680. The van der Waals surface area contributed by atoms with Gasteiger partial charge in [-0.25, -0.2) is 9.37 Å². The number of aromatic nitrogens is 1. The topological polar surface area (TPSA) is 58.4 Å². The standard InChI is InChI=1S/C17H20FN3O2/c1-12-16(20-11-23-12)17(22)19-10-15(21-8-4-5-9-21)13-6-2-3-7-14(13)18/h2-3,6-7,11,15H,4-5,8-10H2,1H3,(H,19,22). The number of hydrogen-bond donors (Lipinski definition) is 1. The quantitative estimate of drug-likeness (QED) is 0.921. The second kappa shape index (κ2) is 6.91. The number of carbonyl (C=O) groups is 1. The summed E-state index contributed by atoms with van der Waals surface area (Å²) in [7, 11) is 0. The number of nitrogens with one attached hydrogen (secondary N) is 1. The SMILES string of the molecule is Cc1ocnc1C(=O)NCC(c1ccccc1F)N1CCCC1. The number of rotatable bonds is 5. The number of benzene rings is 1. The summed E-state index contributed by atoms with van der Waals surface area (Å²) in [5.41, 5.74) is 0.894. The van der Waals surface area contributed by atoms with Gasteiger partial charge in [0.05, 0.1) is 6.04 Å². The van der Waals surface area contributed by atoms with Crippen LogP contribution in [-0.4, -0.2) is 35.4 Å². The number of hydrogen-bond acceptors (Lipinski definition) is 4. The zero-order valence-corrected chi connectivity index (χ0v) is 13.1. The van der Waals surface area contributed by atoms with Gasteiger partial charge in [-0.1, -0.05) is 18.2 Å². The van der Waals surface area contributed by atoms with E-state index in [1.165, 1.54) is 12.5 Å². The fraction of sp³-hybridized carbons (Fsp3) is 0.412. The average Bonchev–Trinajstić information content (AvgIpc) is 3.20. The van der Waals surface area contributed by atoms with Gasteiger partial charge in [-0.15, -0.1) is 0 Å². The Balaban J connectivity index is 1.75. The second-order valence-corrected chi connectivity index (χ2v) is 5.75. The maximum atomic E-state index is 14.2. The molecule has 122 valence electrons. The Labute approximate surface area is 134 Å². The monoisotopic (exact) mass is 317 g/mol. The van der Waals surface area contributed by atoms with E-state index in [1.54, 1.807) is 19.1 Å². The maximum absolute atomic E-state index is 14.2. The molecule has 2 aromatic rings. The van der Waals surface area contributed by atoms with Crippen LogP contribution in [0.25, 0.3) is 0 Å². The van der Waals surface area contributed by atoms with Crippen molar-refractivity contribution >= 4 is 5.91 Å². The molecule has 23 heavy (non-hydrogen) atoms. The molecule has 0 radical (unpaired) electrons. The minimum atomic E-state index is -0.295. The smallest absolute Gasteiger partial charge is 0.273 e. The lowest BCUT2D eigenvalue weighted by Gasteiger charge is -2.28. The van der Waals surface area contributed by atoms with E-state index in [0.717, 1.165) is 25.9 Å². The molecule has 1 aliphatic rings. The summed E-state index contributed by atoms with van der Waals surface area (Å²) < 4.78 is 19.2. The number of oxazole rings is 1. The highest BCUT2D eigenvalue weighted by Crippen LogP contribution is 2.26. The van der Waals surface area contributed by atoms with Gasteiger partial charge in [0, 0.05) is 12.1 Å². The number of nitrogens with zero attached hydrogens (tertiary/aromatic N) is 2. The Morgan fingerprint density at radius 1 is 1.39 bits per heavy atom. The van der Waals surface area contributed by atoms with Crippen molar-refractivity contribution in [3.05, 3.63) is 53.5 Å². The van der Waals surface area contributed by atoms with Crippen molar-refractivity contribution in [2.75, 3.05) is 19.6 Å². The molecular formula is C17H20FN3O2. The first kappa shape index (κ1) is 15.7. The maximum Gasteiger partial charge on any atom is 0.273 e. The number of aryl methyl sites for hydroxylation is 1. The van der Waals surface area contributed by atoms with Crippen LogP contribution >= 0.6 is 0 Å². The third-order valence-corrected chi connectivity index (χ3v) is 4.26. The number of halogens is 1. The van der Waals surface area contributed by atoms with Gasteiger partial charge >= 0.3 is 0 Å². The van der Waals surface area contributed by atoms with Crippen LogP contribution in [0.4, 0.5) is 4.39 Å². The van der Waals surface area contributed by atoms with Crippen molar-refractivity contribution in [2.45, 2.75) is 25.8 Å². The van der Waals surface area contributed by atoms with Crippen LogP contribution in [-0.2, 0) is 0 Å². The van der Waals surface area contributed by atoms with E-state index in [1.807, 2.05) is 6.07 Å². The van der Waals surface area contributed by atoms with Crippen molar-refractivity contribution in [2.24, 2.45) is 0 Å². The molecule has 3 rings (SSSR count). The highest BCUT2D eigenvalue weighted by atomic mass is 19.1. The van der Waals surface area contributed by atoms with Gasteiger partial charge in [-0.3, -0.25) is 9.69 Å². The lowest BCUT2D eigenvalue weighted by molar-refractivity contribution is 0.0931. The zero-order chi connectivity index (χ0) is 16.2. The molecule has 1 fully saturated rings. The molecule has 1 saturated heterocycles. The first-order chi connectivity index (χ1) is 11.2. The van der Waals surface area contributed by atoms with Gasteiger partial charge in [-0.05, 0) is 38.9 Å². The Hall–Kier alpha value is -2.21. The molecule has 1 aliphatic heterocycles. The molecule has 1 aromatic heterocycles. The Morgan fingerprint density at radius 2 is 2.13 bits per heavy atom. The van der Waals surface area contributed by atoms with E-state index in [-0.39, 0.29) is 23.5 Å². The summed E-state index contributed by atoms with van der Waals surface area (Å²) in [5, 5.41) is 2.86. The van der Waals surface area contributed by atoms with Gasteiger partial charge < -0.3 is 9.73 Å². The fourth-order valence-corrected chi connectivity index (χ4v) is 3.03. The minimum Gasteiger partial charge on any atom is -0.448 e. The zero-order valence-electron chi connectivity index (χ0n) is 13.1. The summed E-state index contributed by atoms with van der Waals surface area (Å²) in [4.78, 5) is 18.3. The third kappa shape index (κ3) is 3.42. The number of likely N-dealkylation sites (tertiary alicyclic amines) is 1. The van der Waals surface area contributed by atoms with Gasteiger partial charge in [0.15, 0.2) is 12.1 Å². The van der Waals surface area contributed by atoms with E-state index in [9.17, 15) is 9.18 Å². The largest absolute Gasteiger partial charge is 0.448 e. The molecule has 2 heterocycles. The van der Waals surface area contributed by atoms with E-state index in [4.69, 9.17) is 4.42 Å². The van der Waals surface area contributed by atoms with Crippen LogP contribution in [0.5, 0.6) is 0 Å². The van der Waals surface area contributed by atoms with Crippen LogP contribution < -0.4 is 5.32 Å². The molecule has 1 N–H and O–H groups in total. The molecule has 0 aliphatic carbocycles. The van der Waals surface area contributed by atoms with Crippen molar-refractivity contribution < 1.29 is 13.6 Å². The molecule has 0 bridgehead atoms. The molecule has 1 aromatic carbocycles. The highest BCUT2D eigenvalue weighted by Gasteiger charge is 2.26. The second-order valence-electron chi connectivity index (χ2n) is 5.75. The minimum absolute atomic E-state index is 0.171. The third-order valence-electron chi connectivity index (χ3n) is 4.26. The van der Waals surface area contributed by atoms with Crippen molar-refractivity contribution in [3.63, 3.8) is 0 Å². The lowest BCUT2D eigenvalue weighted by atomic mass is 10.0. The van der Waals surface area contributed by atoms with Crippen molar-refractivity contribution in [1.29, 1.82) is 0 Å². The molecule has 1 atom stereocenters. The summed E-state index contributed by atoms with van der Waals surface area (Å²) >= 11 is 0. The van der Waals surface area contributed by atoms with E-state index >= 15 is 0 Å². The van der Waals surface area contributed by atoms with Crippen LogP contribution in [0.2, 0.25) is 0 Å². The molecule has 5 nitrogen and oxygen atoms in total. The first-order valence-corrected chi connectivity index (χ1v) is 7.83. The van der Waals surface area contributed by atoms with E-state index < -0.39 is 0 Å². The number of carbonyl (C=O) groups excluding carboxylic acids is 1. The average molecular weight is 317 g/mol. The van der Waals surface area contributed by atoms with Gasteiger partial charge in [0.1, 0.15) is 11.6 Å². The highest BCUT2D eigenvalue weighted by molar-refractivity contribution is 5.93. The molecule has 6 heteroatoms. The molecule has 1 amide bonds. The van der Waals surface area contributed by atoms with E-state index in [2.05, 4.69) is 15.2 Å². The molecular weight excluding hydrogens is 297 g/mol. The molecule has 1 unspecified atom stereocenters. The summed E-state index contributed by atoms with van der Waals surface area (Å²) in [6, 6.07) is 6.57. The number of amides is 1. The summed E-state index contributed by atoms with van der Waals surface area (Å²) in [6.45, 7) is 3.86. The fourth-order valence-electron chi connectivity index (χ4n) is 3.03. The van der Waals surface area contributed by atoms with Crippen LogP contribution in [0.1, 0.15) is 40.7 Å². The van der Waals surface area contributed by atoms with Crippen LogP contribution in [0, 0.1) is 12.7 Å². The van der Waals surface area contributed by atoms with Crippen molar-refractivity contribution in [1.82, 2.24) is 15.2 Å². The van der Waals surface area contributed by atoms with Crippen LogP contribution in [0.15, 0.2) is 35.1 Å². The Morgan fingerprint density at radius 3 is 2.78 bits per heavy atom. The summed E-state index contributed by atoms with van der Waals surface area (Å²) in [5.74, 6) is -0.0563. The van der Waals surface area contributed by atoms with Gasteiger partial charge in [0.2, 0.25) is 0 Å². The summed E-state index contributed by atoms with van der Waals surface area (Å²) in [6.07, 6.45) is 3.45. The first-order valence-electron chi connectivity index (χ1n) is 7.83. The van der Waals surface area contributed by atoms with Crippen LogP contribution in [0.3, 0.4) is 0 Å². The van der Waals surface area contributed by atoms with Gasteiger partial charge in [0.25, 0.3) is 5.91 Å². The molecule has 0 saturated carbocycles. The predicted molar refractivity (Wildman–Crippen MR) is 83.5 cm³/mol. The van der Waals surface area contributed by atoms with Crippen molar-refractivity contribution in [3.8, 4) is 0 Å². The predicted octanol–water partition coefficient (Wildman–Crippen LogP) is 2.69. The normalized spacial score (nSPS) is 16.4. The van der Waals surface area contributed by atoms with Gasteiger partial charge in [-0.2, -0.15) is 0 Å².